The summed E-state index contributed by atoms with van der Waals surface area (Å²) in [5.74, 6) is -0.682. The van der Waals surface area contributed by atoms with Gasteiger partial charge in [-0.1, -0.05) is 13.8 Å². The van der Waals surface area contributed by atoms with E-state index in [0.717, 1.165) is 24.6 Å². The number of rotatable bonds is 5. The van der Waals surface area contributed by atoms with Gasteiger partial charge in [-0.15, -0.1) is 13.2 Å². The number of benzene rings is 1. The Morgan fingerprint density at radius 2 is 1.84 bits per heavy atom. The van der Waals surface area contributed by atoms with Crippen LogP contribution >= 0.6 is 0 Å². The predicted molar refractivity (Wildman–Crippen MR) is 64.1 cm³/mol. The van der Waals surface area contributed by atoms with Crippen molar-refractivity contribution in [2.75, 3.05) is 0 Å². The lowest BCUT2D eigenvalue weighted by molar-refractivity contribution is -0.274. The van der Waals surface area contributed by atoms with E-state index in [1.165, 1.54) is 0 Å². The Labute approximate surface area is 109 Å². The molecule has 0 heterocycles. The molecule has 0 aliphatic rings. The van der Waals surface area contributed by atoms with Crippen molar-refractivity contribution in [3.63, 3.8) is 0 Å². The zero-order valence-electron chi connectivity index (χ0n) is 10.8. The highest BCUT2D eigenvalue weighted by atomic mass is 19.4. The fourth-order valence-electron chi connectivity index (χ4n) is 1.67. The van der Waals surface area contributed by atoms with Gasteiger partial charge in [-0.25, -0.2) is 4.39 Å². The van der Waals surface area contributed by atoms with Crippen molar-refractivity contribution >= 4 is 0 Å². The van der Waals surface area contributed by atoms with Gasteiger partial charge in [0.05, 0.1) is 0 Å². The molecule has 19 heavy (non-hydrogen) atoms. The van der Waals surface area contributed by atoms with Crippen LogP contribution < -0.4 is 10.5 Å². The highest BCUT2D eigenvalue weighted by molar-refractivity contribution is 5.32. The van der Waals surface area contributed by atoms with E-state index in [1.807, 2.05) is 13.8 Å². The Hall–Kier alpha value is -1.30. The van der Waals surface area contributed by atoms with Crippen LogP contribution in [0, 0.1) is 11.7 Å². The van der Waals surface area contributed by atoms with Crippen molar-refractivity contribution in [1.29, 1.82) is 0 Å². The van der Waals surface area contributed by atoms with Crippen LogP contribution in [0.3, 0.4) is 0 Å². The topological polar surface area (TPSA) is 35.2 Å². The number of hydrogen-bond acceptors (Lipinski definition) is 2. The summed E-state index contributed by atoms with van der Waals surface area (Å²) in [5.41, 5.74) is 5.84. The SMILES string of the molecule is CC(C)CC[C@H](N)c1cc(OC(F)(F)F)ccc1F. The lowest BCUT2D eigenvalue weighted by Gasteiger charge is -2.16. The maximum absolute atomic E-state index is 13.6. The van der Waals surface area contributed by atoms with Crippen LogP contribution in [0.2, 0.25) is 0 Å². The van der Waals surface area contributed by atoms with E-state index in [-0.39, 0.29) is 5.56 Å². The van der Waals surface area contributed by atoms with Gasteiger partial charge in [0.15, 0.2) is 0 Å². The lowest BCUT2D eigenvalue weighted by Crippen LogP contribution is -2.18. The molecule has 0 fully saturated rings. The molecule has 108 valence electrons. The molecule has 1 aromatic rings. The first kappa shape index (κ1) is 15.8. The first-order valence-corrected chi connectivity index (χ1v) is 6.00. The molecule has 0 saturated carbocycles. The maximum atomic E-state index is 13.6. The van der Waals surface area contributed by atoms with Crippen LogP contribution in [-0.2, 0) is 0 Å². The standard InChI is InChI=1S/C13H17F4NO/c1-8(2)3-6-12(18)10-7-9(4-5-11(10)14)19-13(15,16)17/h4-5,7-8,12H,3,6,18H2,1-2H3/t12-/m0/s1. The van der Waals surface area contributed by atoms with E-state index in [0.29, 0.717) is 12.3 Å². The van der Waals surface area contributed by atoms with Gasteiger partial charge in [-0.3, -0.25) is 0 Å². The fraction of sp³-hybridized carbons (Fsp3) is 0.538. The Morgan fingerprint density at radius 3 is 2.37 bits per heavy atom. The zero-order valence-corrected chi connectivity index (χ0v) is 10.8. The summed E-state index contributed by atoms with van der Waals surface area (Å²) in [7, 11) is 0. The molecule has 0 aliphatic heterocycles. The molecule has 0 spiro atoms. The lowest BCUT2D eigenvalue weighted by atomic mass is 9.98. The minimum absolute atomic E-state index is 0.0439. The average Bonchev–Trinajstić information content (AvgIpc) is 2.26. The largest absolute Gasteiger partial charge is 0.573 e. The monoisotopic (exact) mass is 279 g/mol. The summed E-state index contributed by atoms with van der Waals surface area (Å²) in [4.78, 5) is 0. The van der Waals surface area contributed by atoms with Crippen molar-refractivity contribution in [1.82, 2.24) is 0 Å². The number of hydrogen-bond donors (Lipinski definition) is 1. The van der Waals surface area contributed by atoms with Gasteiger partial charge in [0.2, 0.25) is 0 Å². The summed E-state index contributed by atoms with van der Waals surface area (Å²) in [6.07, 6.45) is -3.52. The normalized spacial score (nSPS) is 13.7. The molecular weight excluding hydrogens is 262 g/mol. The van der Waals surface area contributed by atoms with Gasteiger partial charge < -0.3 is 10.5 Å². The second-order valence-electron chi connectivity index (χ2n) is 4.81. The Bertz CT molecular complexity index is 418. The molecule has 0 aliphatic carbocycles. The third-order valence-corrected chi connectivity index (χ3v) is 2.66. The van der Waals surface area contributed by atoms with E-state index in [4.69, 9.17) is 5.73 Å². The summed E-state index contributed by atoms with van der Waals surface area (Å²) in [6, 6.07) is 2.24. The van der Waals surface area contributed by atoms with Crippen LogP contribution in [0.4, 0.5) is 17.6 Å². The third-order valence-electron chi connectivity index (χ3n) is 2.66. The first-order valence-electron chi connectivity index (χ1n) is 6.00. The van der Waals surface area contributed by atoms with E-state index in [9.17, 15) is 17.6 Å². The van der Waals surface area contributed by atoms with Gasteiger partial charge in [-0.05, 0) is 37.0 Å². The molecule has 0 aromatic heterocycles. The van der Waals surface area contributed by atoms with Crippen molar-refractivity contribution in [2.45, 2.75) is 39.1 Å². The highest BCUT2D eigenvalue weighted by Gasteiger charge is 2.31. The highest BCUT2D eigenvalue weighted by Crippen LogP contribution is 2.28. The van der Waals surface area contributed by atoms with Crippen molar-refractivity contribution in [3.05, 3.63) is 29.6 Å². The van der Waals surface area contributed by atoms with Crippen molar-refractivity contribution < 1.29 is 22.3 Å². The Kier molecular flexibility index (Phi) is 5.17. The fourth-order valence-corrected chi connectivity index (χ4v) is 1.67. The smallest absolute Gasteiger partial charge is 0.406 e. The van der Waals surface area contributed by atoms with Gasteiger partial charge in [0, 0.05) is 11.6 Å². The number of nitrogens with two attached hydrogens (primary N) is 1. The number of ether oxygens (including phenoxy) is 1. The molecule has 1 atom stereocenters. The van der Waals surface area contributed by atoms with Crippen molar-refractivity contribution in [3.8, 4) is 5.75 Å². The molecule has 2 nitrogen and oxygen atoms in total. The summed E-state index contributed by atoms with van der Waals surface area (Å²) < 4.78 is 53.6. The van der Waals surface area contributed by atoms with Crippen LogP contribution in [0.25, 0.3) is 0 Å². The van der Waals surface area contributed by atoms with Gasteiger partial charge in [0.1, 0.15) is 11.6 Å². The van der Waals surface area contributed by atoms with Gasteiger partial charge in [0.25, 0.3) is 0 Å². The molecule has 0 bridgehead atoms. The van der Waals surface area contributed by atoms with Crippen LogP contribution in [0.15, 0.2) is 18.2 Å². The molecule has 0 radical (unpaired) electrons. The summed E-state index contributed by atoms with van der Waals surface area (Å²) in [5, 5.41) is 0. The minimum Gasteiger partial charge on any atom is -0.406 e. The van der Waals surface area contributed by atoms with Gasteiger partial charge >= 0.3 is 6.36 Å². The molecule has 0 unspecified atom stereocenters. The Balaban J connectivity index is 2.84. The molecule has 1 rings (SSSR count). The molecule has 2 N–H and O–H groups in total. The Morgan fingerprint density at radius 1 is 1.21 bits per heavy atom. The number of halogens is 4. The summed E-state index contributed by atoms with van der Waals surface area (Å²) >= 11 is 0. The van der Waals surface area contributed by atoms with Gasteiger partial charge in [-0.2, -0.15) is 0 Å². The molecule has 6 heteroatoms. The average molecular weight is 279 g/mol. The number of alkyl halides is 3. The molecule has 0 amide bonds. The molecular formula is C13H17F4NO. The molecule has 0 saturated heterocycles. The molecule has 1 aromatic carbocycles. The van der Waals surface area contributed by atoms with E-state index in [2.05, 4.69) is 4.74 Å². The van der Waals surface area contributed by atoms with Crippen LogP contribution in [0.1, 0.15) is 38.3 Å². The van der Waals surface area contributed by atoms with Crippen LogP contribution in [0.5, 0.6) is 5.75 Å². The van der Waals surface area contributed by atoms with E-state index >= 15 is 0 Å². The van der Waals surface area contributed by atoms with E-state index < -0.39 is 24.0 Å². The summed E-state index contributed by atoms with van der Waals surface area (Å²) in [6.45, 7) is 3.98. The van der Waals surface area contributed by atoms with E-state index in [1.54, 1.807) is 0 Å². The minimum atomic E-state index is -4.79. The van der Waals surface area contributed by atoms with Crippen LogP contribution in [-0.4, -0.2) is 6.36 Å². The zero-order chi connectivity index (χ0) is 14.6. The van der Waals surface area contributed by atoms with Crippen molar-refractivity contribution in [2.24, 2.45) is 11.7 Å². The predicted octanol–water partition coefficient (Wildman–Crippen LogP) is 4.16. The maximum Gasteiger partial charge on any atom is 0.573 e. The third kappa shape index (κ3) is 5.46. The first-order chi connectivity index (χ1) is 8.69. The second-order valence-corrected chi connectivity index (χ2v) is 4.81. The second kappa shape index (κ2) is 6.23. The quantitative estimate of drug-likeness (QED) is 0.821.